The first-order valence-electron chi connectivity index (χ1n) is 6.29. The second kappa shape index (κ2) is 6.53. The largest absolute Gasteiger partial charge is 0.398 e. The molecule has 5 heteroatoms. The summed E-state index contributed by atoms with van der Waals surface area (Å²) < 4.78 is 0. The van der Waals surface area contributed by atoms with E-state index in [4.69, 9.17) is 17.3 Å². The Labute approximate surface area is 124 Å². The Balaban J connectivity index is 2.69. The van der Waals surface area contributed by atoms with E-state index in [1.807, 2.05) is 26.8 Å². The first kappa shape index (κ1) is 16.2. The predicted molar refractivity (Wildman–Crippen MR) is 83.7 cm³/mol. The molecular weight excluding hydrogens is 280 g/mol. The zero-order valence-corrected chi connectivity index (χ0v) is 13.4. The second-order valence-electron chi connectivity index (χ2n) is 5.17. The van der Waals surface area contributed by atoms with E-state index >= 15 is 0 Å². The molecule has 1 atom stereocenters. The summed E-state index contributed by atoms with van der Waals surface area (Å²) in [5.74, 6) is 0.0196. The quantitative estimate of drug-likeness (QED) is 0.644. The van der Waals surface area contributed by atoms with Crippen molar-refractivity contribution in [3.05, 3.63) is 23.2 Å². The Hall–Kier alpha value is -0.870. The van der Waals surface area contributed by atoms with Gasteiger partial charge in [-0.1, -0.05) is 18.5 Å². The number of carbonyl (C=O) groups excluding carboxylic acids is 1. The maximum atomic E-state index is 12.1. The Morgan fingerprint density at radius 3 is 2.68 bits per heavy atom. The second-order valence-corrected chi connectivity index (χ2v) is 6.99. The lowest BCUT2D eigenvalue weighted by molar-refractivity contribution is -0.121. The van der Waals surface area contributed by atoms with Crippen LogP contribution in [-0.4, -0.2) is 16.7 Å². The number of nitrogens with two attached hydrogens (primary N) is 1. The highest BCUT2D eigenvalue weighted by Crippen LogP contribution is 2.31. The third-order valence-corrected chi connectivity index (χ3v) is 4.42. The van der Waals surface area contributed by atoms with Gasteiger partial charge in [0.1, 0.15) is 0 Å². The summed E-state index contributed by atoms with van der Waals surface area (Å²) in [6, 6.07) is 5.32. The smallest absolute Gasteiger partial charge is 0.233 e. The van der Waals surface area contributed by atoms with Gasteiger partial charge < -0.3 is 11.1 Å². The Bertz CT molecular complexity index is 463. The van der Waals surface area contributed by atoms with E-state index in [9.17, 15) is 4.79 Å². The molecule has 0 fully saturated rings. The van der Waals surface area contributed by atoms with E-state index in [1.165, 1.54) is 11.8 Å². The molecule has 0 bridgehead atoms. The van der Waals surface area contributed by atoms with Gasteiger partial charge in [-0.2, -0.15) is 0 Å². The maximum absolute atomic E-state index is 12.1. The van der Waals surface area contributed by atoms with Gasteiger partial charge in [0.25, 0.3) is 0 Å². The minimum atomic E-state index is -0.200. The molecule has 3 N–H and O–H groups in total. The molecule has 0 saturated carbocycles. The van der Waals surface area contributed by atoms with E-state index in [0.717, 1.165) is 11.3 Å². The highest BCUT2D eigenvalue weighted by atomic mass is 35.5. The van der Waals surface area contributed by atoms with Crippen LogP contribution in [0.3, 0.4) is 0 Å². The molecule has 0 saturated heterocycles. The van der Waals surface area contributed by atoms with Crippen LogP contribution in [0.1, 0.15) is 34.1 Å². The lowest BCUT2D eigenvalue weighted by Crippen LogP contribution is -2.46. The molecule has 3 nitrogen and oxygen atoms in total. The van der Waals surface area contributed by atoms with Crippen molar-refractivity contribution in [2.24, 2.45) is 0 Å². The summed E-state index contributed by atoms with van der Waals surface area (Å²) in [6.45, 7) is 7.95. The molecule has 1 unspecified atom stereocenters. The fourth-order valence-electron chi connectivity index (χ4n) is 1.39. The number of benzene rings is 1. The van der Waals surface area contributed by atoms with Crippen molar-refractivity contribution in [3.8, 4) is 0 Å². The summed E-state index contributed by atoms with van der Waals surface area (Å²) >= 11 is 7.30. The molecule has 0 aromatic heterocycles. The van der Waals surface area contributed by atoms with Gasteiger partial charge in [0.15, 0.2) is 0 Å². The van der Waals surface area contributed by atoms with E-state index in [1.54, 1.807) is 12.1 Å². The number of carbonyl (C=O) groups is 1. The van der Waals surface area contributed by atoms with Crippen molar-refractivity contribution in [1.29, 1.82) is 0 Å². The Kier molecular flexibility index (Phi) is 5.56. The van der Waals surface area contributed by atoms with Crippen LogP contribution in [0.4, 0.5) is 5.69 Å². The van der Waals surface area contributed by atoms with Crippen molar-refractivity contribution < 1.29 is 4.79 Å². The fourth-order valence-corrected chi connectivity index (χ4v) is 2.46. The normalized spacial score (nSPS) is 13.1. The topological polar surface area (TPSA) is 55.1 Å². The molecule has 0 radical (unpaired) electrons. The standard InChI is InChI=1S/C14H21ClN2OS/c1-5-14(3,4)17-13(18)9(2)19-12-7-6-10(15)8-11(12)16/h6-9H,5,16H2,1-4H3,(H,17,18). The third-order valence-electron chi connectivity index (χ3n) is 2.99. The fraction of sp³-hybridized carbons (Fsp3) is 0.500. The van der Waals surface area contributed by atoms with Crippen LogP contribution in [0, 0.1) is 0 Å². The van der Waals surface area contributed by atoms with Crippen molar-refractivity contribution >= 4 is 35.0 Å². The van der Waals surface area contributed by atoms with Gasteiger partial charge in [-0.3, -0.25) is 4.79 Å². The summed E-state index contributed by atoms with van der Waals surface area (Å²) in [5, 5.41) is 3.43. The number of nitrogens with one attached hydrogen (secondary N) is 1. The summed E-state index contributed by atoms with van der Waals surface area (Å²) in [7, 11) is 0. The van der Waals surface area contributed by atoms with Crippen LogP contribution in [-0.2, 0) is 4.79 Å². The van der Waals surface area contributed by atoms with Crippen LogP contribution >= 0.6 is 23.4 Å². The van der Waals surface area contributed by atoms with Crippen molar-refractivity contribution in [2.75, 3.05) is 5.73 Å². The molecule has 1 aromatic rings. The minimum Gasteiger partial charge on any atom is -0.398 e. The number of rotatable bonds is 5. The SMILES string of the molecule is CCC(C)(C)NC(=O)C(C)Sc1ccc(Cl)cc1N. The predicted octanol–water partition coefficient (Wildman–Crippen LogP) is 3.71. The summed E-state index contributed by atoms with van der Waals surface area (Å²) in [5.41, 5.74) is 6.31. The molecule has 0 aliphatic carbocycles. The summed E-state index contributed by atoms with van der Waals surface area (Å²) in [4.78, 5) is 13.0. The van der Waals surface area contributed by atoms with Gasteiger partial charge in [-0.25, -0.2) is 0 Å². The highest BCUT2D eigenvalue weighted by Gasteiger charge is 2.22. The molecule has 0 spiro atoms. The monoisotopic (exact) mass is 300 g/mol. The number of amides is 1. The van der Waals surface area contributed by atoms with Crippen molar-refractivity contribution in [2.45, 2.75) is 49.8 Å². The maximum Gasteiger partial charge on any atom is 0.233 e. The lowest BCUT2D eigenvalue weighted by Gasteiger charge is -2.26. The lowest BCUT2D eigenvalue weighted by atomic mass is 10.0. The number of halogens is 1. The molecule has 1 aromatic carbocycles. The van der Waals surface area contributed by atoms with Crippen molar-refractivity contribution in [1.82, 2.24) is 5.32 Å². The highest BCUT2D eigenvalue weighted by molar-refractivity contribution is 8.00. The van der Waals surface area contributed by atoms with Gasteiger partial charge in [0, 0.05) is 21.1 Å². The van der Waals surface area contributed by atoms with Gasteiger partial charge in [-0.05, 0) is 45.4 Å². The molecular formula is C14H21ClN2OS. The number of anilines is 1. The zero-order valence-electron chi connectivity index (χ0n) is 11.8. The number of thioether (sulfide) groups is 1. The molecule has 106 valence electrons. The average Bonchev–Trinajstić information content (AvgIpc) is 2.32. The molecule has 19 heavy (non-hydrogen) atoms. The van der Waals surface area contributed by atoms with Crippen LogP contribution in [0.2, 0.25) is 5.02 Å². The van der Waals surface area contributed by atoms with Gasteiger partial charge in [0.2, 0.25) is 5.91 Å². The van der Waals surface area contributed by atoms with E-state index < -0.39 is 0 Å². The van der Waals surface area contributed by atoms with Crippen LogP contribution < -0.4 is 11.1 Å². The third kappa shape index (κ3) is 4.96. The average molecular weight is 301 g/mol. The Morgan fingerprint density at radius 2 is 2.16 bits per heavy atom. The molecule has 0 heterocycles. The molecule has 0 aliphatic heterocycles. The molecule has 1 rings (SSSR count). The first-order chi connectivity index (χ1) is 8.75. The van der Waals surface area contributed by atoms with Gasteiger partial charge in [0.05, 0.1) is 5.25 Å². The van der Waals surface area contributed by atoms with Crippen molar-refractivity contribution in [3.63, 3.8) is 0 Å². The number of hydrogen-bond donors (Lipinski definition) is 2. The van der Waals surface area contributed by atoms with E-state index in [0.29, 0.717) is 10.7 Å². The zero-order chi connectivity index (χ0) is 14.6. The number of nitrogen functional groups attached to an aromatic ring is 1. The minimum absolute atomic E-state index is 0.0196. The van der Waals surface area contributed by atoms with Crippen LogP contribution in [0.25, 0.3) is 0 Å². The van der Waals surface area contributed by atoms with E-state index in [-0.39, 0.29) is 16.7 Å². The van der Waals surface area contributed by atoms with Gasteiger partial charge >= 0.3 is 0 Å². The Morgan fingerprint density at radius 1 is 1.53 bits per heavy atom. The van der Waals surface area contributed by atoms with Crippen LogP contribution in [0.5, 0.6) is 0 Å². The summed E-state index contributed by atoms with van der Waals surface area (Å²) in [6.07, 6.45) is 0.888. The van der Waals surface area contributed by atoms with Crippen LogP contribution in [0.15, 0.2) is 23.1 Å². The molecule has 1 amide bonds. The van der Waals surface area contributed by atoms with E-state index in [2.05, 4.69) is 12.2 Å². The number of hydrogen-bond acceptors (Lipinski definition) is 3. The van der Waals surface area contributed by atoms with Gasteiger partial charge in [-0.15, -0.1) is 11.8 Å². The molecule has 0 aliphatic rings. The first-order valence-corrected chi connectivity index (χ1v) is 7.54.